The van der Waals surface area contributed by atoms with Crippen molar-refractivity contribution in [2.75, 3.05) is 0 Å². The fourth-order valence-electron chi connectivity index (χ4n) is 5.92. The van der Waals surface area contributed by atoms with Crippen molar-refractivity contribution in [3.8, 4) is 17.8 Å². The molecule has 198 valence electrons. The van der Waals surface area contributed by atoms with Crippen molar-refractivity contribution in [3.63, 3.8) is 0 Å². The molecule has 6 nitrogen and oxygen atoms in total. The molecule has 0 fully saturated rings. The molecule has 0 saturated heterocycles. The second-order valence-electron chi connectivity index (χ2n) is 10.2. The Hall–Kier alpha value is -5.98. The van der Waals surface area contributed by atoms with E-state index in [1.54, 1.807) is 18.2 Å². The van der Waals surface area contributed by atoms with Gasteiger partial charge in [-0.25, -0.2) is 0 Å². The van der Waals surface area contributed by atoms with E-state index in [9.17, 15) is 20.1 Å². The Bertz CT molecular complexity index is 2410. The third-order valence-corrected chi connectivity index (χ3v) is 7.89. The topological polar surface area (TPSA) is 91.6 Å². The van der Waals surface area contributed by atoms with Gasteiger partial charge < -0.3 is 9.13 Å². The van der Waals surface area contributed by atoms with Crippen LogP contribution in [0.4, 0.5) is 0 Å². The number of benzene rings is 3. The zero-order valence-corrected chi connectivity index (χ0v) is 22.4. The van der Waals surface area contributed by atoms with Gasteiger partial charge in [-0.1, -0.05) is 42.5 Å². The molecule has 0 spiro atoms. The third-order valence-electron chi connectivity index (χ3n) is 7.89. The Kier molecular flexibility index (Phi) is 5.89. The zero-order chi connectivity index (χ0) is 28.8. The van der Waals surface area contributed by atoms with Crippen LogP contribution < -0.4 is 21.4 Å². The van der Waals surface area contributed by atoms with Gasteiger partial charge in [0.2, 0.25) is 0 Å². The molecule has 2 aliphatic rings. The molecule has 7 rings (SSSR count). The minimum Gasteiger partial charge on any atom is -0.313 e. The van der Waals surface area contributed by atoms with Crippen LogP contribution >= 0.6 is 0 Å². The van der Waals surface area contributed by atoms with Crippen LogP contribution in [0, 0.1) is 22.7 Å². The maximum absolute atomic E-state index is 14.1. The Labute approximate surface area is 240 Å². The van der Waals surface area contributed by atoms with Gasteiger partial charge in [-0.2, -0.15) is 10.5 Å². The van der Waals surface area contributed by atoms with E-state index in [2.05, 4.69) is 16.7 Å². The zero-order valence-electron chi connectivity index (χ0n) is 22.4. The van der Waals surface area contributed by atoms with Gasteiger partial charge in [-0.05, 0) is 73.2 Å². The standard InChI is InChI=1S/C36H22N4O2/c37-21-23-6-5-7-25(15-12-23)39-31-10-3-2-9-28(31)36(42)30-20-34-29(18-19-33(30)39)35(41)27-8-1-4-11-32(27)40(34)26-16-13-24(22-38)14-17-26/h1-4,6-18,20H,5,19H2. The average Bonchev–Trinajstić information content (AvgIpc) is 3.39. The molecule has 0 unspecified atom stereocenters. The van der Waals surface area contributed by atoms with Crippen molar-refractivity contribution in [1.29, 1.82) is 10.5 Å². The summed E-state index contributed by atoms with van der Waals surface area (Å²) in [6.45, 7) is 0. The van der Waals surface area contributed by atoms with Crippen LogP contribution in [-0.4, -0.2) is 9.13 Å². The van der Waals surface area contributed by atoms with Crippen molar-refractivity contribution < 1.29 is 0 Å². The Balaban J connectivity index is 1.63. The van der Waals surface area contributed by atoms with E-state index >= 15 is 0 Å². The number of pyridine rings is 2. The van der Waals surface area contributed by atoms with Crippen LogP contribution in [0.15, 0.2) is 112 Å². The molecule has 0 atom stereocenters. The maximum Gasteiger partial charge on any atom is 0.196 e. The van der Waals surface area contributed by atoms with Crippen molar-refractivity contribution in [2.24, 2.45) is 0 Å². The number of allylic oxidation sites excluding steroid dienone is 6. The number of para-hydroxylation sites is 2. The van der Waals surface area contributed by atoms with Crippen LogP contribution in [0.2, 0.25) is 0 Å². The van der Waals surface area contributed by atoms with Gasteiger partial charge in [0.1, 0.15) is 0 Å². The smallest absolute Gasteiger partial charge is 0.196 e. The molecule has 3 aromatic carbocycles. The lowest BCUT2D eigenvalue weighted by atomic mass is 10.0. The number of nitrogens with zero attached hydrogens (tertiary/aromatic N) is 4. The monoisotopic (exact) mass is 542 g/mol. The summed E-state index contributed by atoms with van der Waals surface area (Å²) in [4.78, 5) is 28.1. The number of hydrogen-bond donors (Lipinski definition) is 0. The first kappa shape index (κ1) is 25.0. The van der Waals surface area contributed by atoms with Gasteiger partial charge in [0.25, 0.3) is 0 Å². The summed E-state index contributed by atoms with van der Waals surface area (Å²) in [5, 5.41) is 21.1. The van der Waals surface area contributed by atoms with E-state index in [1.165, 1.54) is 0 Å². The molecule has 5 aromatic rings. The maximum atomic E-state index is 14.1. The average molecular weight is 543 g/mol. The predicted octanol–water partition coefficient (Wildman–Crippen LogP) is 4.59. The fraction of sp³-hybridized carbons (Fsp3) is 0.0556. The summed E-state index contributed by atoms with van der Waals surface area (Å²) in [5.74, 6) is 0. The van der Waals surface area contributed by atoms with E-state index < -0.39 is 0 Å². The first-order chi connectivity index (χ1) is 20.6. The summed E-state index contributed by atoms with van der Waals surface area (Å²) in [6, 6.07) is 26.5. The van der Waals surface area contributed by atoms with E-state index in [0.717, 1.165) is 22.6 Å². The molecular weight excluding hydrogens is 520 g/mol. The summed E-state index contributed by atoms with van der Waals surface area (Å²) in [5.41, 5.74) is 5.27. The largest absolute Gasteiger partial charge is 0.313 e. The van der Waals surface area contributed by atoms with Gasteiger partial charge in [0, 0.05) is 50.6 Å². The van der Waals surface area contributed by atoms with Crippen LogP contribution in [0.3, 0.4) is 0 Å². The number of aromatic nitrogens is 2. The normalized spacial score (nSPS) is 13.8. The molecule has 0 saturated carbocycles. The molecule has 0 aliphatic heterocycles. The Morgan fingerprint density at radius 1 is 0.690 bits per heavy atom. The highest BCUT2D eigenvalue weighted by Crippen LogP contribution is 2.26. The second kappa shape index (κ2) is 9.89. The van der Waals surface area contributed by atoms with Crippen LogP contribution in [0.1, 0.15) is 23.2 Å². The van der Waals surface area contributed by atoms with E-state index in [-0.39, 0.29) is 10.9 Å². The van der Waals surface area contributed by atoms with Crippen molar-refractivity contribution in [2.45, 2.75) is 12.8 Å². The molecular formula is C36H22N4O2. The lowest BCUT2D eigenvalue weighted by Gasteiger charge is -2.19. The van der Waals surface area contributed by atoms with Crippen LogP contribution in [-0.2, 0) is 6.42 Å². The molecule has 42 heavy (non-hydrogen) atoms. The Morgan fingerprint density at radius 3 is 2.10 bits per heavy atom. The number of nitriles is 2. The molecule has 2 heterocycles. The number of rotatable bonds is 2. The highest BCUT2D eigenvalue weighted by Gasteiger charge is 2.20. The minimum atomic E-state index is -0.112. The van der Waals surface area contributed by atoms with Gasteiger partial charge in [-0.3, -0.25) is 9.59 Å². The van der Waals surface area contributed by atoms with E-state index in [1.807, 2.05) is 95.6 Å². The van der Waals surface area contributed by atoms with Crippen LogP contribution in [0.25, 0.3) is 45.3 Å². The highest BCUT2D eigenvalue weighted by atomic mass is 16.1. The molecule has 0 bridgehead atoms. The molecule has 6 heteroatoms. The quantitative estimate of drug-likeness (QED) is 0.326. The molecule has 2 aromatic heterocycles. The highest BCUT2D eigenvalue weighted by molar-refractivity contribution is 5.88. The SMILES string of the molecule is N#CC1=CCC=C(n2c3c(c(=O)c4ccccc42)C=c2c(c(=O)c4ccccc4n2-c2ccc(C#N)cc2)=CC3)C=C1. The lowest BCUT2D eigenvalue weighted by Crippen LogP contribution is -2.45. The van der Waals surface area contributed by atoms with Gasteiger partial charge in [0.15, 0.2) is 10.9 Å². The van der Waals surface area contributed by atoms with E-state index in [0.29, 0.717) is 56.4 Å². The Morgan fingerprint density at radius 2 is 1.38 bits per heavy atom. The van der Waals surface area contributed by atoms with Gasteiger partial charge in [-0.15, -0.1) is 0 Å². The summed E-state index contributed by atoms with van der Waals surface area (Å²) >= 11 is 0. The van der Waals surface area contributed by atoms with Gasteiger partial charge in [0.05, 0.1) is 34.1 Å². The molecule has 0 radical (unpaired) electrons. The molecule has 0 amide bonds. The fourth-order valence-corrected chi connectivity index (χ4v) is 5.92. The summed E-state index contributed by atoms with van der Waals surface area (Å²) < 4.78 is 4.07. The third kappa shape index (κ3) is 3.86. The van der Waals surface area contributed by atoms with Crippen molar-refractivity contribution in [1.82, 2.24) is 9.13 Å². The molecule has 2 aliphatic carbocycles. The number of fused-ring (bicyclic) bond motifs is 4. The molecule has 0 N–H and O–H groups in total. The second-order valence-corrected chi connectivity index (χ2v) is 10.2. The van der Waals surface area contributed by atoms with E-state index in [4.69, 9.17) is 0 Å². The van der Waals surface area contributed by atoms with Gasteiger partial charge >= 0.3 is 0 Å². The van der Waals surface area contributed by atoms with Crippen molar-refractivity contribution in [3.05, 3.63) is 151 Å². The predicted molar refractivity (Wildman–Crippen MR) is 165 cm³/mol. The first-order valence-corrected chi connectivity index (χ1v) is 13.6. The minimum absolute atomic E-state index is 0.102. The van der Waals surface area contributed by atoms with Crippen molar-refractivity contribution >= 4 is 39.7 Å². The summed E-state index contributed by atoms with van der Waals surface area (Å²) in [7, 11) is 0. The lowest BCUT2D eigenvalue weighted by molar-refractivity contribution is 1.01. The van der Waals surface area contributed by atoms with Crippen LogP contribution in [0.5, 0.6) is 0 Å². The summed E-state index contributed by atoms with van der Waals surface area (Å²) in [6.07, 6.45) is 12.3. The first-order valence-electron chi connectivity index (χ1n) is 13.6. The number of hydrogen-bond acceptors (Lipinski definition) is 4.